The molecule has 9 heteroatoms. The molecule has 29 heavy (non-hydrogen) atoms. The van der Waals surface area contributed by atoms with Gasteiger partial charge in [-0.25, -0.2) is 4.79 Å². The van der Waals surface area contributed by atoms with Crippen molar-refractivity contribution < 1.29 is 14.0 Å². The maximum atomic E-state index is 12.5. The Morgan fingerprint density at radius 1 is 1.10 bits per heavy atom. The van der Waals surface area contributed by atoms with Gasteiger partial charge in [-0.2, -0.15) is 0 Å². The molecule has 2 aromatic heterocycles. The fourth-order valence-electron chi connectivity index (χ4n) is 2.52. The predicted molar refractivity (Wildman–Crippen MR) is 111 cm³/mol. The van der Waals surface area contributed by atoms with E-state index in [1.54, 1.807) is 25.3 Å². The van der Waals surface area contributed by atoms with Crippen LogP contribution in [0.4, 0.5) is 4.79 Å². The van der Waals surface area contributed by atoms with E-state index in [0.29, 0.717) is 16.7 Å². The number of carbonyl (C=O) groups excluding carboxylic acids is 2. The molecule has 0 fully saturated rings. The summed E-state index contributed by atoms with van der Waals surface area (Å²) in [4.78, 5) is 24.4. The molecular formula is C20H23N5O3S. The van der Waals surface area contributed by atoms with E-state index in [0.717, 1.165) is 5.69 Å². The van der Waals surface area contributed by atoms with Crippen molar-refractivity contribution in [1.29, 1.82) is 0 Å². The molecule has 3 aromatic rings. The molecule has 2 heterocycles. The average Bonchev–Trinajstić information content (AvgIpc) is 3.30. The number of nitrogens with one attached hydrogen (secondary N) is 2. The fourth-order valence-corrected chi connectivity index (χ4v) is 3.39. The lowest BCUT2D eigenvalue weighted by Crippen LogP contribution is -2.49. The van der Waals surface area contributed by atoms with Gasteiger partial charge in [-0.3, -0.25) is 14.7 Å². The molecule has 1 unspecified atom stereocenters. The van der Waals surface area contributed by atoms with Crippen LogP contribution < -0.4 is 10.6 Å². The Balaban J connectivity index is 1.82. The van der Waals surface area contributed by atoms with Crippen molar-refractivity contribution in [3.8, 4) is 17.3 Å². The lowest BCUT2D eigenvalue weighted by molar-refractivity contribution is -0.119. The topological polar surface area (TPSA) is 102 Å². The van der Waals surface area contributed by atoms with Crippen molar-refractivity contribution in [1.82, 2.24) is 25.4 Å². The summed E-state index contributed by atoms with van der Waals surface area (Å²) < 4.78 is 7.30. The largest absolute Gasteiger partial charge is 0.461 e. The first kappa shape index (κ1) is 20.7. The highest BCUT2D eigenvalue weighted by Gasteiger charge is 2.24. The fraction of sp³-hybridized carbons (Fsp3) is 0.300. The third kappa shape index (κ3) is 5.26. The van der Waals surface area contributed by atoms with E-state index in [9.17, 15) is 9.59 Å². The second-order valence-electron chi connectivity index (χ2n) is 7.41. The Kier molecular flexibility index (Phi) is 6.07. The number of benzene rings is 1. The first-order valence-corrected chi connectivity index (χ1v) is 9.97. The van der Waals surface area contributed by atoms with Crippen molar-refractivity contribution in [2.75, 3.05) is 0 Å². The van der Waals surface area contributed by atoms with Crippen LogP contribution in [-0.2, 0) is 4.79 Å². The van der Waals surface area contributed by atoms with Crippen LogP contribution in [0.25, 0.3) is 17.3 Å². The number of hydrogen-bond acceptors (Lipinski definition) is 6. The van der Waals surface area contributed by atoms with Crippen molar-refractivity contribution in [2.45, 2.75) is 43.6 Å². The smallest absolute Gasteiger partial charge is 0.321 e. The highest BCUT2D eigenvalue weighted by atomic mass is 32.2. The van der Waals surface area contributed by atoms with Gasteiger partial charge in [0.2, 0.25) is 11.7 Å². The zero-order valence-electron chi connectivity index (χ0n) is 16.7. The number of nitrogens with zero attached hydrogens (tertiary/aromatic N) is 3. The van der Waals surface area contributed by atoms with Crippen LogP contribution >= 0.6 is 11.8 Å². The second kappa shape index (κ2) is 8.52. The van der Waals surface area contributed by atoms with E-state index in [-0.39, 0.29) is 0 Å². The molecule has 0 saturated heterocycles. The summed E-state index contributed by atoms with van der Waals surface area (Å²) >= 11 is 1.21. The lowest BCUT2D eigenvalue weighted by Gasteiger charge is -2.21. The third-order valence-corrected chi connectivity index (χ3v) is 4.81. The normalized spacial score (nSPS) is 12.4. The molecule has 0 aliphatic rings. The van der Waals surface area contributed by atoms with Crippen molar-refractivity contribution >= 4 is 23.7 Å². The summed E-state index contributed by atoms with van der Waals surface area (Å²) in [7, 11) is 0. The number of hydrogen-bond donors (Lipinski definition) is 2. The Morgan fingerprint density at radius 3 is 2.45 bits per heavy atom. The maximum absolute atomic E-state index is 12.5. The predicted octanol–water partition coefficient (Wildman–Crippen LogP) is 3.63. The zero-order valence-corrected chi connectivity index (χ0v) is 17.5. The summed E-state index contributed by atoms with van der Waals surface area (Å²) in [5, 5.41) is 13.5. The quantitative estimate of drug-likeness (QED) is 0.619. The van der Waals surface area contributed by atoms with Crippen LogP contribution in [0.1, 0.15) is 27.7 Å². The summed E-state index contributed by atoms with van der Waals surface area (Å²) in [5.74, 6) is 0.676. The molecule has 2 N–H and O–H groups in total. The Labute approximate surface area is 173 Å². The van der Waals surface area contributed by atoms with E-state index in [2.05, 4.69) is 20.8 Å². The summed E-state index contributed by atoms with van der Waals surface area (Å²) in [5.41, 5.74) is 0.399. The van der Waals surface area contributed by atoms with Gasteiger partial charge < -0.3 is 9.73 Å². The third-order valence-electron chi connectivity index (χ3n) is 3.77. The SMILES string of the molecule is CC(Sc1nnc(-c2ccco2)n1-c1ccccc1)C(=O)NC(=O)NC(C)(C)C. The van der Waals surface area contributed by atoms with E-state index >= 15 is 0 Å². The maximum Gasteiger partial charge on any atom is 0.321 e. The van der Waals surface area contributed by atoms with E-state index in [1.165, 1.54) is 11.8 Å². The van der Waals surface area contributed by atoms with E-state index < -0.39 is 22.7 Å². The van der Waals surface area contributed by atoms with E-state index in [4.69, 9.17) is 4.42 Å². The minimum absolute atomic E-state index is 0.418. The first-order valence-electron chi connectivity index (χ1n) is 9.09. The number of furan rings is 1. The number of aromatic nitrogens is 3. The molecule has 0 radical (unpaired) electrons. The second-order valence-corrected chi connectivity index (χ2v) is 8.72. The van der Waals surface area contributed by atoms with E-state index in [1.807, 2.05) is 55.7 Å². The van der Waals surface area contributed by atoms with Crippen LogP contribution in [-0.4, -0.2) is 37.5 Å². The van der Waals surface area contributed by atoms with Gasteiger partial charge in [0.05, 0.1) is 11.5 Å². The molecule has 1 atom stereocenters. The van der Waals surface area contributed by atoms with Crippen molar-refractivity contribution in [2.24, 2.45) is 0 Å². The lowest BCUT2D eigenvalue weighted by atomic mass is 10.1. The monoisotopic (exact) mass is 413 g/mol. The number of para-hydroxylation sites is 1. The van der Waals surface area contributed by atoms with Crippen LogP contribution in [0, 0.1) is 0 Å². The number of thioether (sulfide) groups is 1. The Bertz CT molecular complexity index is 977. The van der Waals surface area contributed by atoms with Gasteiger partial charge in [0, 0.05) is 11.2 Å². The number of urea groups is 1. The van der Waals surface area contributed by atoms with Gasteiger partial charge in [0.1, 0.15) is 0 Å². The summed E-state index contributed by atoms with van der Waals surface area (Å²) in [6, 6.07) is 12.6. The molecule has 8 nitrogen and oxygen atoms in total. The number of amides is 3. The number of carbonyl (C=O) groups is 2. The van der Waals surface area contributed by atoms with Gasteiger partial charge in [-0.1, -0.05) is 30.0 Å². The molecular weight excluding hydrogens is 390 g/mol. The van der Waals surface area contributed by atoms with Crippen molar-refractivity contribution in [3.63, 3.8) is 0 Å². The van der Waals surface area contributed by atoms with Crippen LogP contribution in [0.2, 0.25) is 0 Å². The van der Waals surface area contributed by atoms with Gasteiger partial charge in [0.15, 0.2) is 10.9 Å². The average molecular weight is 414 g/mol. The van der Waals surface area contributed by atoms with Gasteiger partial charge >= 0.3 is 6.03 Å². The van der Waals surface area contributed by atoms with Crippen LogP contribution in [0.5, 0.6) is 0 Å². The molecule has 152 valence electrons. The first-order chi connectivity index (χ1) is 13.7. The molecule has 0 bridgehead atoms. The Hall–Kier alpha value is -3.07. The van der Waals surface area contributed by atoms with Crippen molar-refractivity contribution in [3.05, 3.63) is 48.7 Å². The van der Waals surface area contributed by atoms with Gasteiger partial charge in [-0.05, 0) is 52.0 Å². The molecule has 0 aliphatic heterocycles. The molecule has 1 aromatic carbocycles. The molecule has 3 rings (SSSR count). The summed E-state index contributed by atoms with van der Waals surface area (Å²) in [6.07, 6.45) is 1.57. The zero-order chi connectivity index (χ0) is 21.0. The molecule has 0 spiro atoms. The Morgan fingerprint density at radius 2 is 1.83 bits per heavy atom. The highest BCUT2D eigenvalue weighted by Crippen LogP contribution is 2.30. The summed E-state index contributed by atoms with van der Waals surface area (Å²) in [6.45, 7) is 7.23. The molecule has 3 amide bonds. The number of imide groups is 1. The number of rotatable bonds is 5. The standard InChI is InChI=1S/C20H23N5O3S/c1-13(17(26)21-18(27)22-20(2,3)4)29-19-24-23-16(15-11-8-12-28-15)25(19)14-9-6-5-7-10-14/h5-13H,1-4H3,(H2,21,22,26,27). The highest BCUT2D eigenvalue weighted by molar-refractivity contribution is 8.00. The minimum Gasteiger partial charge on any atom is -0.461 e. The van der Waals surface area contributed by atoms with Crippen LogP contribution in [0.3, 0.4) is 0 Å². The van der Waals surface area contributed by atoms with Gasteiger partial charge in [-0.15, -0.1) is 10.2 Å². The minimum atomic E-state index is -0.572. The molecule has 0 aliphatic carbocycles. The van der Waals surface area contributed by atoms with Gasteiger partial charge in [0.25, 0.3) is 0 Å². The van der Waals surface area contributed by atoms with Crippen LogP contribution in [0.15, 0.2) is 58.3 Å². The molecule has 0 saturated carbocycles.